The zero-order chi connectivity index (χ0) is 27.8. The number of carbonyl (C=O) groups excluding carboxylic acids is 1. The molecular weight excluding hydrogens is 498 g/mol. The predicted molar refractivity (Wildman–Crippen MR) is 143 cm³/mol. The Balaban J connectivity index is 1.17. The monoisotopic (exact) mass is 537 g/mol. The Kier molecular flexibility index (Phi) is 7.62. The van der Waals surface area contributed by atoms with Gasteiger partial charge in [0.1, 0.15) is 23.7 Å². The maximum absolute atomic E-state index is 13.1. The van der Waals surface area contributed by atoms with Crippen molar-refractivity contribution in [1.29, 1.82) is 5.26 Å². The molecule has 5 rings (SSSR count). The summed E-state index contributed by atoms with van der Waals surface area (Å²) in [5.74, 6) is 0.688. The number of allylic oxidation sites excluding steroid dienone is 1. The van der Waals surface area contributed by atoms with E-state index in [-0.39, 0.29) is 48.6 Å². The van der Waals surface area contributed by atoms with Crippen molar-refractivity contribution >= 4 is 11.9 Å². The molecule has 4 atom stereocenters. The zero-order valence-corrected chi connectivity index (χ0v) is 23.0. The number of amides is 1. The molecule has 4 aliphatic carbocycles. The summed E-state index contributed by atoms with van der Waals surface area (Å²) >= 11 is 0. The second-order valence-electron chi connectivity index (χ2n) is 12.4. The molecule has 1 amide bonds. The lowest BCUT2D eigenvalue weighted by atomic mass is 9.68. The first-order valence-electron chi connectivity index (χ1n) is 13.9. The topological polar surface area (TPSA) is 130 Å². The van der Waals surface area contributed by atoms with Crippen molar-refractivity contribution in [3.8, 4) is 17.6 Å². The molecule has 1 aromatic rings. The smallest absolute Gasteiger partial charge is 0.309 e. The van der Waals surface area contributed by atoms with Gasteiger partial charge in [0.15, 0.2) is 0 Å². The minimum Gasteiger partial charge on any atom is -0.496 e. The zero-order valence-electron chi connectivity index (χ0n) is 23.0. The number of nitrogens with one attached hydrogen (secondary N) is 2. The van der Waals surface area contributed by atoms with Crippen LogP contribution in [0.1, 0.15) is 63.5 Å². The molecule has 9 heteroatoms. The van der Waals surface area contributed by atoms with Gasteiger partial charge in [0.25, 0.3) is 0 Å². The summed E-state index contributed by atoms with van der Waals surface area (Å²) in [6.45, 7) is 5.18. The van der Waals surface area contributed by atoms with Crippen LogP contribution < -0.4 is 20.1 Å². The number of nitrogens with zero attached hydrogens (tertiary/aromatic N) is 1. The SMILES string of the molecule is COc1cc(C#N)c(O[C@H]2C[C@@](C)(C(=O)O)C2)cc1COCN[C@H]1[C@@H](C(=O)NCC2(C)CCC2)[C@@H]2C=C[C@H]1C2. The van der Waals surface area contributed by atoms with Crippen LogP contribution in [-0.4, -0.2) is 49.5 Å². The van der Waals surface area contributed by atoms with Crippen LogP contribution in [0.5, 0.6) is 11.5 Å². The fourth-order valence-electron chi connectivity index (χ4n) is 6.62. The number of hydrogen-bond donors (Lipinski definition) is 3. The summed E-state index contributed by atoms with van der Waals surface area (Å²) in [6.07, 6.45) is 9.49. The Morgan fingerprint density at radius 3 is 2.54 bits per heavy atom. The number of nitriles is 1. The van der Waals surface area contributed by atoms with E-state index >= 15 is 0 Å². The van der Waals surface area contributed by atoms with Gasteiger partial charge in [-0.15, -0.1) is 0 Å². The van der Waals surface area contributed by atoms with Crippen molar-refractivity contribution in [1.82, 2.24) is 10.6 Å². The Morgan fingerprint density at radius 2 is 1.90 bits per heavy atom. The fourth-order valence-corrected chi connectivity index (χ4v) is 6.62. The van der Waals surface area contributed by atoms with E-state index in [1.165, 1.54) is 26.4 Å². The van der Waals surface area contributed by atoms with Gasteiger partial charge in [0, 0.05) is 37.1 Å². The van der Waals surface area contributed by atoms with Gasteiger partial charge in [-0.1, -0.05) is 25.5 Å². The largest absolute Gasteiger partial charge is 0.496 e. The number of fused-ring (bicyclic) bond motifs is 2. The molecule has 2 bridgehead atoms. The van der Waals surface area contributed by atoms with E-state index in [1.54, 1.807) is 19.1 Å². The number of carbonyl (C=O) groups is 2. The maximum atomic E-state index is 13.1. The number of carboxylic acid groups (broad SMARTS) is 1. The number of rotatable bonds is 12. The lowest BCUT2D eigenvalue weighted by molar-refractivity contribution is -0.159. The molecule has 0 saturated heterocycles. The normalized spacial score (nSPS) is 31.6. The first-order chi connectivity index (χ1) is 18.6. The van der Waals surface area contributed by atoms with Gasteiger partial charge < -0.3 is 24.6 Å². The number of aliphatic carboxylic acids is 1. The Hall–Kier alpha value is -3.09. The summed E-state index contributed by atoms with van der Waals surface area (Å²) in [7, 11) is 1.54. The van der Waals surface area contributed by atoms with Gasteiger partial charge in [0.05, 0.1) is 37.3 Å². The van der Waals surface area contributed by atoms with Crippen molar-refractivity contribution < 1.29 is 28.9 Å². The number of carboxylic acids is 1. The summed E-state index contributed by atoms with van der Waals surface area (Å²) in [5, 5.41) is 25.7. The van der Waals surface area contributed by atoms with Crippen LogP contribution in [-0.2, 0) is 20.9 Å². The molecule has 210 valence electrons. The Bertz CT molecular complexity index is 1180. The number of ether oxygens (including phenoxy) is 3. The highest BCUT2D eigenvalue weighted by Crippen LogP contribution is 2.45. The van der Waals surface area contributed by atoms with E-state index in [9.17, 15) is 20.0 Å². The molecule has 0 radical (unpaired) electrons. The predicted octanol–water partition coefficient (Wildman–Crippen LogP) is 3.76. The lowest BCUT2D eigenvalue weighted by Crippen LogP contribution is -2.49. The van der Waals surface area contributed by atoms with E-state index in [1.807, 2.05) is 0 Å². The molecule has 39 heavy (non-hydrogen) atoms. The van der Waals surface area contributed by atoms with Crippen molar-refractivity contribution in [3.05, 3.63) is 35.4 Å². The third-order valence-electron chi connectivity index (χ3n) is 9.36. The molecule has 1 aromatic carbocycles. The van der Waals surface area contributed by atoms with Gasteiger partial charge >= 0.3 is 5.97 Å². The van der Waals surface area contributed by atoms with Crippen LogP contribution in [0.3, 0.4) is 0 Å². The highest BCUT2D eigenvalue weighted by molar-refractivity contribution is 5.81. The first-order valence-corrected chi connectivity index (χ1v) is 13.9. The molecule has 0 unspecified atom stereocenters. The summed E-state index contributed by atoms with van der Waals surface area (Å²) in [5.41, 5.74) is 0.507. The standard InChI is InChI=1S/C30H39N3O6/c1-29(7-4-8-29)16-32-27(34)25-18-5-6-19(9-18)26(25)33-17-38-15-21-11-24(20(14-31)10-23(21)37-3)39-22-12-30(2,13-22)28(35)36/h5-6,10-11,18-19,22,25-26,33H,4,7-9,12-13,15-17H2,1-3H3,(H,32,34)(H,35,36)/t18-,19+,22-,25+,26-,30+/m1/s1. The average molecular weight is 538 g/mol. The Morgan fingerprint density at radius 1 is 1.15 bits per heavy atom. The van der Waals surface area contributed by atoms with Crippen molar-refractivity contribution in [2.75, 3.05) is 20.4 Å². The molecule has 0 heterocycles. The first kappa shape index (κ1) is 27.5. The maximum Gasteiger partial charge on any atom is 0.309 e. The molecule has 3 saturated carbocycles. The molecule has 0 spiro atoms. The van der Waals surface area contributed by atoms with Gasteiger partial charge in [0.2, 0.25) is 5.91 Å². The fraction of sp³-hybridized carbons (Fsp3) is 0.633. The van der Waals surface area contributed by atoms with E-state index < -0.39 is 11.4 Å². The third-order valence-corrected chi connectivity index (χ3v) is 9.36. The van der Waals surface area contributed by atoms with Gasteiger partial charge in [-0.3, -0.25) is 14.9 Å². The van der Waals surface area contributed by atoms with Gasteiger partial charge in [-0.2, -0.15) is 5.26 Å². The third kappa shape index (κ3) is 5.50. The minimum atomic E-state index is -0.836. The number of methoxy groups -OCH3 is 1. The molecule has 9 nitrogen and oxygen atoms in total. The van der Waals surface area contributed by atoms with Gasteiger partial charge in [-0.25, -0.2) is 0 Å². The van der Waals surface area contributed by atoms with E-state index in [4.69, 9.17) is 14.2 Å². The summed E-state index contributed by atoms with van der Waals surface area (Å²) < 4.78 is 17.5. The minimum absolute atomic E-state index is 0.0260. The average Bonchev–Trinajstić information content (AvgIpc) is 3.49. The van der Waals surface area contributed by atoms with E-state index in [0.717, 1.165) is 18.5 Å². The molecule has 0 aromatic heterocycles. The second kappa shape index (κ2) is 10.8. The van der Waals surface area contributed by atoms with Crippen LogP contribution in [0.15, 0.2) is 24.3 Å². The van der Waals surface area contributed by atoms with Crippen molar-refractivity contribution in [2.24, 2.45) is 28.6 Å². The molecule has 4 aliphatic rings. The van der Waals surface area contributed by atoms with Crippen LogP contribution in [0.2, 0.25) is 0 Å². The van der Waals surface area contributed by atoms with E-state index in [0.29, 0.717) is 35.8 Å². The van der Waals surface area contributed by atoms with Crippen LogP contribution in [0.25, 0.3) is 0 Å². The van der Waals surface area contributed by atoms with Crippen LogP contribution >= 0.6 is 0 Å². The van der Waals surface area contributed by atoms with Crippen molar-refractivity contribution in [3.63, 3.8) is 0 Å². The lowest BCUT2D eigenvalue weighted by Gasteiger charge is -2.41. The van der Waals surface area contributed by atoms with Crippen LogP contribution in [0, 0.1) is 39.9 Å². The number of benzene rings is 1. The summed E-state index contributed by atoms with van der Waals surface area (Å²) in [4.78, 5) is 24.6. The molecular formula is C30H39N3O6. The summed E-state index contributed by atoms with van der Waals surface area (Å²) in [6, 6.07) is 5.53. The highest BCUT2D eigenvalue weighted by atomic mass is 16.5. The highest BCUT2D eigenvalue weighted by Gasteiger charge is 2.49. The molecule has 3 N–H and O–H groups in total. The number of hydrogen-bond acceptors (Lipinski definition) is 7. The second-order valence-corrected chi connectivity index (χ2v) is 12.4. The van der Waals surface area contributed by atoms with Crippen molar-refractivity contribution in [2.45, 2.75) is 71.1 Å². The Labute approximate surface area is 229 Å². The molecule has 3 fully saturated rings. The quantitative estimate of drug-likeness (QED) is 0.209. The molecule has 0 aliphatic heterocycles. The van der Waals surface area contributed by atoms with Gasteiger partial charge in [-0.05, 0) is 49.5 Å². The van der Waals surface area contributed by atoms with E-state index in [2.05, 4.69) is 35.8 Å². The van der Waals surface area contributed by atoms with Crippen LogP contribution in [0.4, 0.5) is 0 Å².